The second-order valence-electron chi connectivity index (χ2n) is 6.08. The summed E-state index contributed by atoms with van der Waals surface area (Å²) in [7, 11) is -2.08. The van der Waals surface area contributed by atoms with Crippen molar-refractivity contribution in [1.82, 2.24) is 10.0 Å². The number of ether oxygens (including phenoxy) is 1. The summed E-state index contributed by atoms with van der Waals surface area (Å²) in [6.45, 7) is 0.0902. The monoisotopic (exact) mass is 354 g/mol. The Hall–Kier alpha value is -1.60. The van der Waals surface area contributed by atoms with Gasteiger partial charge < -0.3 is 10.1 Å². The molecule has 0 atom stereocenters. The van der Waals surface area contributed by atoms with Crippen LogP contribution in [0.15, 0.2) is 29.2 Å². The lowest BCUT2D eigenvalue weighted by Crippen LogP contribution is -2.36. The first-order chi connectivity index (χ1) is 11.5. The van der Waals surface area contributed by atoms with E-state index in [9.17, 15) is 13.2 Å². The average Bonchev–Trinajstić information content (AvgIpc) is 2.83. The van der Waals surface area contributed by atoms with E-state index in [0.29, 0.717) is 5.75 Å². The van der Waals surface area contributed by atoms with Gasteiger partial charge in [0, 0.05) is 19.0 Å². The van der Waals surface area contributed by atoms with Crippen LogP contribution in [0, 0.1) is 0 Å². The van der Waals surface area contributed by atoms with Gasteiger partial charge in [0.05, 0.1) is 12.0 Å². The van der Waals surface area contributed by atoms with Crippen LogP contribution in [0.5, 0.6) is 5.75 Å². The molecule has 0 aliphatic heterocycles. The number of nitrogens with one attached hydrogen (secondary N) is 2. The highest BCUT2D eigenvalue weighted by atomic mass is 32.2. The van der Waals surface area contributed by atoms with Crippen LogP contribution in [0.2, 0.25) is 0 Å². The van der Waals surface area contributed by atoms with Crippen molar-refractivity contribution in [3.05, 3.63) is 24.3 Å². The van der Waals surface area contributed by atoms with Crippen LogP contribution in [0.25, 0.3) is 0 Å². The lowest BCUT2D eigenvalue weighted by Gasteiger charge is -2.16. The van der Waals surface area contributed by atoms with Gasteiger partial charge in [0.1, 0.15) is 5.75 Å². The van der Waals surface area contributed by atoms with Gasteiger partial charge >= 0.3 is 0 Å². The molecule has 0 heterocycles. The Kier molecular flexibility index (Phi) is 7.05. The molecule has 6 nitrogen and oxygen atoms in total. The summed E-state index contributed by atoms with van der Waals surface area (Å²) >= 11 is 0. The molecule has 1 aromatic rings. The van der Waals surface area contributed by atoms with E-state index in [-0.39, 0.29) is 29.8 Å². The highest BCUT2D eigenvalue weighted by Crippen LogP contribution is 2.17. The van der Waals surface area contributed by atoms with E-state index in [2.05, 4.69) is 10.0 Å². The molecule has 0 saturated heterocycles. The Labute approximate surface area is 144 Å². The molecule has 0 bridgehead atoms. The van der Waals surface area contributed by atoms with Crippen LogP contribution < -0.4 is 14.8 Å². The molecule has 1 fully saturated rings. The number of benzene rings is 1. The molecule has 2 N–H and O–H groups in total. The summed E-state index contributed by atoms with van der Waals surface area (Å²) in [5.74, 6) is 0.496. The predicted octanol–water partition coefficient (Wildman–Crippen LogP) is 2.20. The first kappa shape index (κ1) is 18.7. The van der Waals surface area contributed by atoms with Crippen LogP contribution >= 0.6 is 0 Å². The van der Waals surface area contributed by atoms with Crippen LogP contribution in [0.3, 0.4) is 0 Å². The Morgan fingerprint density at radius 3 is 2.33 bits per heavy atom. The van der Waals surface area contributed by atoms with E-state index in [1.807, 2.05) is 0 Å². The maximum absolute atomic E-state index is 12.2. The maximum Gasteiger partial charge on any atom is 0.240 e. The van der Waals surface area contributed by atoms with Gasteiger partial charge in [0.2, 0.25) is 15.9 Å². The van der Waals surface area contributed by atoms with E-state index in [4.69, 9.17) is 4.74 Å². The Balaban J connectivity index is 1.78. The van der Waals surface area contributed by atoms with Crippen LogP contribution in [-0.4, -0.2) is 34.0 Å². The van der Waals surface area contributed by atoms with Gasteiger partial charge in [-0.1, -0.05) is 25.7 Å². The quantitative estimate of drug-likeness (QED) is 0.735. The molecule has 0 spiro atoms. The second-order valence-corrected chi connectivity index (χ2v) is 7.85. The molecular weight excluding hydrogens is 328 g/mol. The Bertz CT molecular complexity index is 620. The van der Waals surface area contributed by atoms with Crippen molar-refractivity contribution in [2.75, 3.05) is 13.7 Å². The number of hydrogen-bond donors (Lipinski definition) is 2. The Morgan fingerprint density at radius 2 is 1.75 bits per heavy atom. The molecule has 0 radical (unpaired) electrons. The van der Waals surface area contributed by atoms with Crippen molar-refractivity contribution in [3.63, 3.8) is 0 Å². The van der Waals surface area contributed by atoms with Crippen LogP contribution in [0.4, 0.5) is 0 Å². The molecule has 1 saturated carbocycles. The molecular formula is C17H26N2O4S. The lowest BCUT2D eigenvalue weighted by atomic mass is 10.1. The highest BCUT2D eigenvalue weighted by molar-refractivity contribution is 7.89. The minimum Gasteiger partial charge on any atom is -0.497 e. The first-order valence-corrected chi connectivity index (χ1v) is 9.92. The Morgan fingerprint density at radius 1 is 1.12 bits per heavy atom. The highest BCUT2D eigenvalue weighted by Gasteiger charge is 2.17. The van der Waals surface area contributed by atoms with E-state index in [1.165, 1.54) is 32.1 Å². The molecule has 7 heteroatoms. The molecule has 0 unspecified atom stereocenters. The standard InChI is InChI=1S/C17H26N2O4S/c1-23-15-8-10-16(11-9-15)24(21,22)18-13-12-17(20)19-14-6-4-2-3-5-7-14/h8-11,14,18H,2-7,12-13H2,1H3,(H,19,20). The van der Waals surface area contributed by atoms with Gasteiger partial charge in [-0.3, -0.25) is 4.79 Å². The second kappa shape index (κ2) is 9.03. The van der Waals surface area contributed by atoms with Gasteiger partial charge in [-0.05, 0) is 37.1 Å². The van der Waals surface area contributed by atoms with E-state index in [1.54, 1.807) is 12.1 Å². The van der Waals surface area contributed by atoms with Crippen LogP contribution in [0.1, 0.15) is 44.9 Å². The van der Waals surface area contributed by atoms with E-state index >= 15 is 0 Å². The molecule has 134 valence electrons. The topological polar surface area (TPSA) is 84.5 Å². The summed E-state index contributed by atoms with van der Waals surface area (Å²) in [4.78, 5) is 12.1. The summed E-state index contributed by atoms with van der Waals surface area (Å²) in [6, 6.07) is 6.37. The molecule has 0 aromatic heterocycles. The van der Waals surface area contributed by atoms with Crippen molar-refractivity contribution in [2.24, 2.45) is 0 Å². The number of amides is 1. The fourth-order valence-corrected chi connectivity index (χ4v) is 3.89. The van der Waals surface area contributed by atoms with Crippen molar-refractivity contribution < 1.29 is 17.9 Å². The van der Waals surface area contributed by atoms with Gasteiger partial charge in [-0.25, -0.2) is 13.1 Å². The van der Waals surface area contributed by atoms with Gasteiger partial charge in [-0.2, -0.15) is 0 Å². The number of sulfonamides is 1. The molecule has 1 aliphatic carbocycles. The largest absolute Gasteiger partial charge is 0.497 e. The predicted molar refractivity (Wildman–Crippen MR) is 92.4 cm³/mol. The van der Waals surface area contributed by atoms with Crippen molar-refractivity contribution >= 4 is 15.9 Å². The third-order valence-corrected chi connectivity index (χ3v) is 5.71. The average molecular weight is 354 g/mol. The molecule has 1 amide bonds. The van der Waals surface area contributed by atoms with Gasteiger partial charge in [0.25, 0.3) is 0 Å². The number of rotatable bonds is 7. The SMILES string of the molecule is COc1ccc(S(=O)(=O)NCCC(=O)NC2CCCCCC2)cc1. The third-order valence-electron chi connectivity index (χ3n) is 4.23. The van der Waals surface area contributed by atoms with Crippen LogP contribution in [-0.2, 0) is 14.8 Å². The molecule has 1 aliphatic rings. The maximum atomic E-state index is 12.2. The van der Waals surface area contributed by atoms with E-state index < -0.39 is 10.0 Å². The summed E-state index contributed by atoms with van der Waals surface area (Å²) in [5.41, 5.74) is 0. The zero-order valence-electron chi connectivity index (χ0n) is 14.1. The van der Waals surface area contributed by atoms with Crippen molar-refractivity contribution in [3.8, 4) is 5.75 Å². The fraction of sp³-hybridized carbons (Fsp3) is 0.588. The third kappa shape index (κ3) is 5.79. The lowest BCUT2D eigenvalue weighted by molar-refractivity contribution is -0.121. The molecule has 1 aromatic carbocycles. The summed E-state index contributed by atoms with van der Waals surface area (Å²) < 4.78 is 31.8. The number of carbonyl (C=O) groups excluding carboxylic acids is 1. The summed E-state index contributed by atoms with van der Waals surface area (Å²) in [6.07, 6.45) is 6.94. The first-order valence-electron chi connectivity index (χ1n) is 8.44. The van der Waals surface area contributed by atoms with Gasteiger partial charge in [-0.15, -0.1) is 0 Å². The molecule has 2 rings (SSSR count). The number of carbonyl (C=O) groups is 1. The van der Waals surface area contributed by atoms with Crippen molar-refractivity contribution in [1.29, 1.82) is 0 Å². The summed E-state index contributed by atoms with van der Waals surface area (Å²) in [5, 5.41) is 3.01. The minimum atomic E-state index is -3.61. The van der Waals surface area contributed by atoms with E-state index in [0.717, 1.165) is 25.7 Å². The zero-order valence-corrected chi connectivity index (χ0v) is 14.9. The zero-order chi connectivity index (χ0) is 17.4. The minimum absolute atomic E-state index is 0.0902. The normalized spacial score (nSPS) is 16.4. The fourth-order valence-electron chi connectivity index (χ4n) is 2.86. The molecule has 24 heavy (non-hydrogen) atoms. The number of methoxy groups -OCH3 is 1. The van der Waals surface area contributed by atoms with Crippen molar-refractivity contribution in [2.45, 2.75) is 55.9 Å². The number of hydrogen-bond acceptors (Lipinski definition) is 4. The smallest absolute Gasteiger partial charge is 0.240 e. The van der Waals surface area contributed by atoms with Gasteiger partial charge in [0.15, 0.2) is 0 Å².